The van der Waals surface area contributed by atoms with Crippen LogP contribution in [0.3, 0.4) is 0 Å². The molecule has 0 aromatic heterocycles. The van der Waals surface area contributed by atoms with Crippen LogP contribution in [0, 0.1) is 39.9 Å². The van der Waals surface area contributed by atoms with Crippen molar-refractivity contribution in [3.63, 3.8) is 0 Å². The van der Waals surface area contributed by atoms with Crippen LogP contribution in [0.5, 0.6) is 0 Å². The van der Waals surface area contributed by atoms with Crippen LogP contribution in [-0.4, -0.2) is 35.9 Å². The molecule has 0 aromatic rings. The van der Waals surface area contributed by atoms with Crippen molar-refractivity contribution in [2.24, 2.45) is 39.9 Å². The first-order chi connectivity index (χ1) is 16.7. The Morgan fingerprint density at radius 3 is 2.50 bits per heavy atom. The van der Waals surface area contributed by atoms with E-state index in [1.54, 1.807) is 0 Å². The number of rotatable bonds is 6. The van der Waals surface area contributed by atoms with Gasteiger partial charge in [0.05, 0.1) is 12.7 Å². The Morgan fingerprint density at radius 2 is 1.89 bits per heavy atom. The molecule has 0 bridgehead atoms. The average molecular weight is 501 g/mol. The highest BCUT2D eigenvalue weighted by Gasteiger charge is 2.64. The summed E-state index contributed by atoms with van der Waals surface area (Å²) in [6.45, 7) is 15.3. The van der Waals surface area contributed by atoms with E-state index in [1.165, 1.54) is 12.7 Å². The number of carbonyl (C=O) groups is 2. The largest absolute Gasteiger partial charge is 0.469 e. The number of fused-ring (bicyclic) bond motifs is 3. The lowest BCUT2D eigenvalue weighted by Gasteiger charge is -2.61. The van der Waals surface area contributed by atoms with Gasteiger partial charge in [0, 0.05) is 18.4 Å². The molecule has 8 unspecified atom stereocenters. The van der Waals surface area contributed by atoms with E-state index in [1.807, 2.05) is 26.8 Å². The summed E-state index contributed by atoms with van der Waals surface area (Å²) in [6, 6.07) is 0. The summed E-state index contributed by atoms with van der Waals surface area (Å²) in [5.74, 6) is 0.975. The third kappa shape index (κ3) is 4.18. The highest BCUT2D eigenvalue weighted by atomic mass is 16.5. The number of cyclic esters (lactones) is 1. The lowest BCUT2D eigenvalue weighted by Crippen LogP contribution is -2.55. The molecule has 2 saturated carbocycles. The van der Waals surface area contributed by atoms with Gasteiger partial charge in [-0.2, -0.15) is 0 Å². The maximum atomic E-state index is 12.3. The second-order valence-electron chi connectivity index (χ2n) is 13.6. The van der Waals surface area contributed by atoms with Gasteiger partial charge < -0.3 is 14.6 Å². The van der Waals surface area contributed by atoms with E-state index < -0.39 is 5.60 Å². The molecule has 0 amide bonds. The molecular formula is C31H48O5. The van der Waals surface area contributed by atoms with Gasteiger partial charge in [0.25, 0.3) is 0 Å². The van der Waals surface area contributed by atoms with Crippen molar-refractivity contribution in [2.45, 2.75) is 112 Å². The van der Waals surface area contributed by atoms with Crippen LogP contribution in [-0.2, 0) is 19.1 Å². The minimum Gasteiger partial charge on any atom is -0.469 e. The van der Waals surface area contributed by atoms with Crippen LogP contribution in [0.4, 0.5) is 0 Å². The highest BCUT2D eigenvalue weighted by Crippen LogP contribution is 2.71. The zero-order chi connectivity index (χ0) is 26.7. The molecule has 0 radical (unpaired) electrons. The van der Waals surface area contributed by atoms with Crippen molar-refractivity contribution in [1.29, 1.82) is 0 Å². The van der Waals surface area contributed by atoms with Crippen molar-refractivity contribution < 1.29 is 24.2 Å². The van der Waals surface area contributed by atoms with E-state index in [0.29, 0.717) is 30.6 Å². The quantitative estimate of drug-likeness (QED) is 0.338. The fourth-order valence-corrected chi connectivity index (χ4v) is 9.20. The predicted octanol–water partition coefficient (Wildman–Crippen LogP) is 6.39. The summed E-state index contributed by atoms with van der Waals surface area (Å²) in [4.78, 5) is 24.5. The Morgan fingerprint density at radius 1 is 1.19 bits per heavy atom. The monoisotopic (exact) mass is 500 g/mol. The second-order valence-corrected chi connectivity index (χ2v) is 13.6. The zero-order valence-electron chi connectivity index (χ0n) is 23.8. The molecule has 1 heterocycles. The third-order valence-corrected chi connectivity index (χ3v) is 11.5. The summed E-state index contributed by atoms with van der Waals surface area (Å²) in [5, 5.41) is 11.2. The number of hydrogen-bond acceptors (Lipinski definition) is 5. The average Bonchev–Trinajstić information content (AvgIpc) is 3.09. The summed E-state index contributed by atoms with van der Waals surface area (Å²) < 4.78 is 10.9. The van der Waals surface area contributed by atoms with Crippen molar-refractivity contribution >= 4 is 11.9 Å². The molecule has 4 rings (SSSR count). The van der Waals surface area contributed by atoms with E-state index in [9.17, 15) is 14.7 Å². The van der Waals surface area contributed by atoms with Crippen LogP contribution < -0.4 is 0 Å². The molecule has 1 aliphatic heterocycles. The number of carbonyl (C=O) groups excluding carboxylic acids is 2. The van der Waals surface area contributed by atoms with Gasteiger partial charge in [0.2, 0.25) is 0 Å². The molecule has 8 atom stereocenters. The van der Waals surface area contributed by atoms with E-state index in [-0.39, 0.29) is 40.2 Å². The Bertz CT molecular complexity index is 957. The maximum absolute atomic E-state index is 12.3. The van der Waals surface area contributed by atoms with Crippen LogP contribution in [0.25, 0.3) is 0 Å². The van der Waals surface area contributed by atoms with Crippen molar-refractivity contribution in [3.8, 4) is 0 Å². The molecule has 202 valence electrons. The van der Waals surface area contributed by atoms with Crippen LogP contribution in [0.15, 0.2) is 23.3 Å². The Balaban J connectivity index is 1.67. The molecule has 1 N–H and O–H groups in total. The fraction of sp³-hybridized carbons (Fsp3) is 0.806. The molecule has 4 aliphatic rings. The number of hydrogen-bond donors (Lipinski definition) is 1. The normalized spacial score (nSPS) is 41.4. The number of methoxy groups -OCH3 is 1. The fourth-order valence-electron chi connectivity index (χ4n) is 9.20. The Labute approximate surface area is 218 Å². The van der Waals surface area contributed by atoms with Crippen molar-refractivity contribution in [1.82, 2.24) is 0 Å². The predicted molar refractivity (Wildman–Crippen MR) is 141 cm³/mol. The van der Waals surface area contributed by atoms with Crippen LogP contribution in [0.2, 0.25) is 0 Å². The lowest BCUT2D eigenvalue weighted by atomic mass is 9.44. The molecule has 5 heteroatoms. The molecule has 0 saturated heterocycles. The molecular weight excluding hydrogens is 452 g/mol. The van der Waals surface area contributed by atoms with Gasteiger partial charge in [0.15, 0.2) is 0 Å². The lowest BCUT2D eigenvalue weighted by molar-refractivity contribution is -0.151. The third-order valence-electron chi connectivity index (χ3n) is 11.5. The van der Waals surface area contributed by atoms with E-state index in [0.717, 1.165) is 44.1 Å². The summed E-state index contributed by atoms with van der Waals surface area (Å²) in [6.07, 6.45) is 11.7. The Kier molecular flexibility index (Phi) is 7.07. The Hall–Kier alpha value is -1.62. The molecule has 0 spiro atoms. The smallest absolute Gasteiger partial charge is 0.333 e. The summed E-state index contributed by atoms with van der Waals surface area (Å²) in [5.41, 5.74) is 1.37. The van der Waals surface area contributed by atoms with E-state index >= 15 is 0 Å². The first kappa shape index (κ1) is 27.4. The van der Waals surface area contributed by atoms with Gasteiger partial charge in [0.1, 0.15) is 6.10 Å². The minimum atomic E-state index is -0.818. The molecule has 5 nitrogen and oxygen atoms in total. The van der Waals surface area contributed by atoms with Gasteiger partial charge in [-0.1, -0.05) is 45.4 Å². The van der Waals surface area contributed by atoms with Gasteiger partial charge in [-0.25, -0.2) is 4.79 Å². The molecule has 0 aromatic carbocycles. The SMILES string of the molecule is COC(=O)CCC1(C)C2=CCC3(C)C(C(C)C4CC=C(C)C(=O)O4)CCC3(C)C2CCC1C(C)(C)O. The second kappa shape index (κ2) is 9.29. The summed E-state index contributed by atoms with van der Waals surface area (Å²) in [7, 11) is 1.45. The van der Waals surface area contributed by atoms with Gasteiger partial charge in [-0.05, 0) is 99.2 Å². The molecule has 3 aliphatic carbocycles. The number of aliphatic hydroxyl groups is 1. The number of ether oxygens (including phenoxy) is 2. The van der Waals surface area contributed by atoms with E-state index in [4.69, 9.17) is 9.47 Å². The first-order valence-corrected chi connectivity index (χ1v) is 14.1. The minimum absolute atomic E-state index is 0.0491. The van der Waals surface area contributed by atoms with Gasteiger partial charge >= 0.3 is 11.9 Å². The standard InChI is InChI=1S/C31H48O5/c1-19-9-11-24(36-27(19)33)20(2)21-13-17-31(7)23-10-12-25(28(3,4)34)29(5,16-15-26(32)35-8)22(23)14-18-30(21,31)6/h9,14,20-21,23-25,34H,10-13,15-18H2,1-8H3. The maximum Gasteiger partial charge on any atom is 0.333 e. The van der Waals surface area contributed by atoms with Crippen LogP contribution >= 0.6 is 0 Å². The molecule has 2 fully saturated rings. The van der Waals surface area contributed by atoms with Crippen molar-refractivity contribution in [2.75, 3.05) is 7.11 Å². The highest BCUT2D eigenvalue weighted by molar-refractivity contribution is 5.88. The van der Waals surface area contributed by atoms with Crippen molar-refractivity contribution in [3.05, 3.63) is 23.3 Å². The van der Waals surface area contributed by atoms with Crippen LogP contribution in [0.1, 0.15) is 99.8 Å². The van der Waals surface area contributed by atoms with Gasteiger partial charge in [-0.3, -0.25) is 4.79 Å². The number of allylic oxidation sites excluding steroid dienone is 2. The topological polar surface area (TPSA) is 72.8 Å². The van der Waals surface area contributed by atoms with Gasteiger partial charge in [-0.15, -0.1) is 0 Å². The van der Waals surface area contributed by atoms with E-state index in [2.05, 4.69) is 33.8 Å². The number of esters is 2. The summed E-state index contributed by atoms with van der Waals surface area (Å²) >= 11 is 0. The molecule has 36 heavy (non-hydrogen) atoms. The zero-order valence-corrected chi connectivity index (χ0v) is 23.8. The first-order valence-electron chi connectivity index (χ1n) is 14.1.